The number of amides is 8. The van der Waals surface area contributed by atoms with E-state index < -0.39 is 201 Å². The molecule has 1 aromatic carbocycles. The molecule has 0 saturated heterocycles. The van der Waals surface area contributed by atoms with Crippen LogP contribution in [-0.2, 0) is 131 Å². The van der Waals surface area contributed by atoms with E-state index >= 15 is 0 Å². The van der Waals surface area contributed by atoms with Gasteiger partial charge in [-0.05, 0) is 19.4 Å². The van der Waals surface area contributed by atoms with E-state index in [1.54, 1.807) is 30.3 Å². The number of carbonyl (C=O) groups excluding carboxylic acids is 17. The number of ether oxygens (including phenoxy) is 10. The summed E-state index contributed by atoms with van der Waals surface area (Å²) in [7, 11) is 6.23. The first-order chi connectivity index (χ1) is 40.7. The first-order valence-electron chi connectivity index (χ1n) is 25.6. The monoisotopic (exact) mass is 1230 g/mol. The van der Waals surface area contributed by atoms with Gasteiger partial charge < -0.3 is 89.9 Å². The van der Waals surface area contributed by atoms with Crippen LogP contribution in [-0.4, -0.2) is 212 Å². The Morgan fingerprint density at radius 1 is 0.302 bits per heavy atom. The summed E-state index contributed by atoms with van der Waals surface area (Å²) < 4.78 is 47.3. The highest BCUT2D eigenvalue weighted by atomic mass is 16.6. The fraction of sp³-hybridized carbons (Fsp3) is 0.549. The van der Waals surface area contributed by atoms with Gasteiger partial charge in [0.2, 0.25) is 41.4 Å². The van der Waals surface area contributed by atoms with E-state index in [-0.39, 0.29) is 19.8 Å². The molecule has 0 aromatic heterocycles. The van der Waals surface area contributed by atoms with Crippen molar-refractivity contribution < 1.29 is 129 Å². The summed E-state index contributed by atoms with van der Waals surface area (Å²) in [6.07, 6.45) is -9.22. The quantitative estimate of drug-likeness (QED) is 0.0231. The SMILES string of the molecule is CCOC(=O)CC(NC(=O)C(CC(=O)OC)NC(=O)C(CC(=O)OC)NC(=O)C(CC(=O)OC)NC(=O)C(CC(=O)OC)NC(=O)C(CC(=O)OC)NC(=O)C(CC(=O)OC)NC(=O)C(CC(=O)OC)NC(=O)OCc1ccccc1)C(=O)OCC. The van der Waals surface area contributed by atoms with Crippen LogP contribution in [0.4, 0.5) is 4.79 Å². The third kappa shape index (κ3) is 27.9. The van der Waals surface area contributed by atoms with Crippen LogP contribution in [0.3, 0.4) is 0 Å². The molecule has 0 aliphatic heterocycles. The van der Waals surface area contributed by atoms with Crippen LogP contribution in [0.15, 0.2) is 30.3 Å². The number of nitrogens with one attached hydrogen (secondary N) is 8. The maximum Gasteiger partial charge on any atom is 0.408 e. The molecule has 0 heterocycles. The van der Waals surface area contributed by atoms with Gasteiger partial charge >= 0.3 is 59.8 Å². The molecule has 8 atom stereocenters. The molecule has 8 amide bonds. The molecule has 0 aliphatic carbocycles. The highest BCUT2D eigenvalue weighted by molar-refractivity contribution is 6.02. The average molecular weight is 1230 g/mol. The van der Waals surface area contributed by atoms with Crippen LogP contribution in [0.1, 0.15) is 70.8 Å². The third-order valence-corrected chi connectivity index (χ3v) is 11.4. The van der Waals surface area contributed by atoms with Gasteiger partial charge in [0.1, 0.15) is 54.9 Å². The maximum atomic E-state index is 14.1. The lowest BCUT2D eigenvalue weighted by molar-refractivity contribution is -0.153. The average Bonchev–Trinajstić information content (AvgIpc) is 3.30. The zero-order chi connectivity index (χ0) is 65.1. The molecule has 0 radical (unpaired) electrons. The first kappa shape index (κ1) is 74.0. The second kappa shape index (κ2) is 39.5. The summed E-state index contributed by atoms with van der Waals surface area (Å²) in [5.41, 5.74) is 0.531. The van der Waals surface area contributed by atoms with Crippen molar-refractivity contribution in [3.05, 3.63) is 35.9 Å². The molecule has 1 rings (SSSR count). The molecule has 8 unspecified atom stereocenters. The van der Waals surface area contributed by atoms with Gasteiger partial charge in [0.15, 0.2) is 0 Å². The van der Waals surface area contributed by atoms with Crippen LogP contribution in [0, 0.1) is 0 Å². The predicted octanol–water partition coefficient (Wildman–Crippen LogP) is -4.87. The van der Waals surface area contributed by atoms with Crippen molar-refractivity contribution >= 4 is 101 Å². The first-order valence-corrected chi connectivity index (χ1v) is 25.6. The zero-order valence-electron chi connectivity index (χ0n) is 48.3. The Balaban J connectivity index is 3.71. The summed E-state index contributed by atoms with van der Waals surface area (Å²) in [4.78, 5) is 224. The maximum absolute atomic E-state index is 14.1. The molecular weight excluding hydrogens is 1160 g/mol. The van der Waals surface area contributed by atoms with Gasteiger partial charge in [-0.1, -0.05) is 30.3 Å². The van der Waals surface area contributed by atoms with E-state index in [1.165, 1.54) is 13.8 Å². The zero-order valence-corrected chi connectivity index (χ0v) is 48.3. The summed E-state index contributed by atoms with van der Waals surface area (Å²) in [5.74, 6) is -20.3. The Hall–Kier alpha value is -9.99. The Bertz CT molecular complexity index is 2600. The standard InChI is InChI=1S/C51H70N8O27/c1-10-84-42(67)24-34(50(75)85-11-2)58-48(73)32(22-40(65)82-8)56-46(71)30(20-38(63)80-6)54-44(69)28(18-36(61)78-4)52-43(68)27(17-35(60)77-3)53-45(70)29(19-37(62)79-5)55-47(72)31(21-39(64)81-7)57-49(74)33(23-41(66)83-9)59-51(76)86-25-26-15-13-12-14-16-26/h12-16,27-34H,10-11,17-25H2,1-9H3,(H,52,68)(H,53,70)(H,54,69)(H,55,72)(H,56,71)(H,57,74)(H,58,73)(H,59,76). The molecular formula is C51H70N8O27. The minimum Gasteiger partial charge on any atom is -0.469 e. The van der Waals surface area contributed by atoms with Crippen LogP contribution in [0.2, 0.25) is 0 Å². The summed E-state index contributed by atoms with van der Waals surface area (Å²) >= 11 is 0. The van der Waals surface area contributed by atoms with Crippen molar-refractivity contribution in [2.24, 2.45) is 0 Å². The van der Waals surface area contributed by atoms with E-state index in [0.717, 1.165) is 49.8 Å². The lowest BCUT2D eigenvalue weighted by atomic mass is 10.1. The van der Waals surface area contributed by atoms with E-state index in [1.807, 2.05) is 0 Å². The second-order valence-electron chi connectivity index (χ2n) is 17.4. The highest BCUT2D eigenvalue weighted by Crippen LogP contribution is 2.10. The molecule has 35 heteroatoms. The number of rotatable bonds is 36. The lowest BCUT2D eigenvalue weighted by Crippen LogP contribution is -2.61. The van der Waals surface area contributed by atoms with E-state index in [0.29, 0.717) is 5.56 Å². The topological polar surface area (TPSA) is 479 Å². The van der Waals surface area contributed by atoms with Crippen molar-refractivity contribution in [2.75, 3.05) is 63.0 Å². The number of benzene rings is 1. The van der Waals surface area contributed by atoms with Crippen molar-refractivity contribution in [1.29, 1.82) is 0 Å². The summed E-state index contributed by atoms with van der Waals surface area (Å²) in [6.45, 7) is 2.24. The molecule has 35 nitrogen and oxygen atoms in total. The minimum absolute atomic E-state index is 0.122. The van der Waals surface area contributed by atoms with Crippen LogP contribution < -0.4 is 42.5 Å². The molecule has 0 aliphatic rings. The van der Waals surface area contributed by atoms with E-state index in [2.05, 4.69) is 75.7 Å². The Morgan fingerprint density at radius 3 is 0.779 bits per heavy atom. The van der Waals surface area contributed by atoms with Gasteiger partial charge in [-0.2, -0.15) is 0 Å². The van der Waals surface area contributed by atoms with Gasteiger partial charge in [-0.3, -0.25) is 71.9 Å². The van der Waals surface area contributed by atoms with Gasteiger partial charge in [-0.15, -0.1) is 0 Å². The predicted molar refractivity (Wildman–Crippen MR) is 281 cm³/mol. The van der Waals surface area contributed by atoms with Crippen LogP contribution in [0.25, 0.3) is 0 Å². The second-order valence-corrected chi connectivity index (χ2v) is 17.4. The highest BCUT2D eigenvalue weighted by Gasteiger charge is 2.39. The van der Waals surface area contributed by atoms with Gasteiger partial charge in [0.25, 0.3) is 0 Å². The molecule has 0 saturated carbocycles. The van der Waals surface area contributed by atoms with Crippen molar-refractivity contribution in [1.82, 2.24) is 42.5 Å². The molecule has 0 bridgehead atoms. The molecule has 1 aromatic rings. The molecule has 8 N–H and O–H groups in total. The number of methoxy groups -OCH3 is 7. The van der Waals surface area contributed by atoms with Crippen molar-refractivity contribution in [2.45, 2.75) is 120 Å². The van der Waals surface area contributed by atoms with Crippen LogP contribution >= 0.6 is 0 Å². The number of alkyl carbamates (subject to hydrolysis) is 1. The van der Waals surface area contributed by atoms with Gasteiger partial charge in [0, 0.05) is 0 Å². The molecule has 86 heavy (non-hydrogen) atoms. The van der Waals surface area contributed by atoms with Gasteiger partial charge in [-0.25, -0.2) is 9.59 Å². The number of hydrogen-bond acceptors (Lipinski definition) is 27. The third-order valence-electron chi connectivity index (χ3n) is 11.4. The van der Waals surface area contributed by atoms with E-state index in [9.17, 15) is 81.5 Å². The molecule has 0 fully saturated rings. The Morgan fingerprint density at radius 2 is 0.535 bits per heavy atom. The molecule has 0 spiro atoms. The van der Waals surface area contributed by atoms with Crippen LogP contribution in [0.5, 0.6) is 0 Å². The summed E-state index contributed by atoms with van der Waals surface area (Å²) in [5, 5.41) is 16.8. The van der Waals surface area contributed by atoms with Crippen molar-refractivity contribution in [3.63, 3.8) is 0 Å². The fourth-order valence-electron chi connectivity index (χ4n) is 6.85. The van der Waals surface area contributed by atoms with E-state index in [4.69, 9.17) is 14.2 Å². The Kier molecular flexibility index (Phi) is 34.0. The number of carbonyl (C=O) groups is 17. The lowest BCUT2D eigenvalue weighted by Gasteiger charge is -2.27. The smallest absolute Gasteiger partial charge is 0.408 e. The summed E-state index contributed by atoms with van der Waals surface area (Å²) in [6, 6.07) is -8.06. The normalized spacial score (nSPS) is 13.2. The van der Waals surface area contributed by atoms with Crippen molar-refractivity contribution in [3.8, 4) is 0 Å². The Labute approximate surface area is 490 Å². The number of esters is 9. The number of hydrogen-bond donors (Lipinski definition) is 8. The minimum atomic E-state index is -2.19. The molecule has 476 valence electrons. The fourth-order valence-corrected chi connectivity index (χ4v) is 6.85. The van der Waals surface area contributed by atoms with Gasteiger partial charge in [0.05, 0.1) is 114 Å². The largest absolute Gasteiger partial charge is 0.469 e.